The first-order valence-corrected chi connectivity index (χ1v) is 8.46. The molecule has 0 unspecified atom stereocenters. The number of ether oxygens (including phenoxy) is 1. The molecule has 0 saturated carbocycles. The van der Waals surface area contributed by atoms with Crippen LogP contribution in [0.15, 0.2) is 48.5 Å². The number of amides is 1. The Morgan fingerprint density at radius 2 is 1.79 bits per heavy atom. The van der Waals surface area contributed by atoms with Crippen LogP contribution in [0.5, 0.6) is 5.75 Å². The topological polar surface area (TPSA) is 29.5 Å². The average molecular weight is 321 g/mol. The molecule has 0 radical (unpaired) electrons. The molecule has 1 aliphatic rings. The van der Waals surface area contributed by atoms with Gasteiger partial charge in [0, 0.05) is 17.7 Å². The standard InChI is InChI=1S/C21H23NO2/c1-4-22-20-8-6-5-7-18(20)19(21(22)23)13-16-9-11-17(12-10-16)24-14-15(2)3/h5-13,15H,4,14H2,1-3H3/b19-13+. The molecule has 0 atom stereocenters. The highest BCUT2D eigenvalue weighted by molar-refractivity contribution is 6.35. The highest BCUT2D eigenvalue weighted by Gasteiger charge is 2.30. The van der Waals surface area contributed by atoms with Crippen molar-refractivity contribution in [2.24, 2.45) is 5.92 Å². The van der Waals surface area contributed by atoms with E-state index in [1.165, 1.54) is 0 Å². The summed E-state index contributed by atoms with van der Waals surface area (Å²) < 4.78 is 5.71. The third-order valence-electron chi connectivity index (χ3n) is 4.05. The van der Waals surface area contributed by atoms with E-state index in [1.54, 1.807) is 0 Å². The Bertz CT molecular complexity index is 760. The van der Waals surface area contributed by atoms with Gasteiger partial charge < -0.3 is 9.64 Å². The Hall–Kier alpha value is -2.55. The maximum atomic E-state index is 12.7. The number of rotatable bonds is 5. The van der Waals surface area contributed by atoms with Gasteiger partial charge in [-0.15, -0.1) is 0 Å². The van der Waals surface area contributed by atoms with Crippen molar-refractivity contribution < 1.29 is 9.53 Å². The van der Waals surface area contributed by atoms with Crippen molar-refractivity contribution in [1.82, 2.24) is 0 Å². The largest absolute Gasteiger partial charge is 0.493 e. The molecule has 0 bridgehead atoms. The SMILES string of the molecule is CCN1C(=O)/C(=C/c2ccc(OCC(C)C)cc2)c2ccccc21. The predicted molar refractivity (Wildman–Crippen MR) is 99.1 cm³/mol. The first-order chi connectivity index (χ1) is 11.6. The lowest BCUT2D eigenvalue weighted by Crippen LogP contribution is -2.25. The van der Waals surface area contributed by atoms with E-state index < -0.39 is 0 Å². The summed E-state index contributed by atoms with van der Waals surface area (Å²) in [5.74, 6) is 1.43. The van der Waals surface area contributed by atoms with E-state index in [2.05, 4.69) is 13.8 Å². The number of hydrogen-bond acceptors (Lipinski definition) is 2. The summed E-state index contributed by atoms with van der Waals surface area (Å²) in [4.78, 5) is 14.5. The van der Waals surface area contributed by atoms with Crippen molar-refractivity contribution in [2.75, 3.05) is 18.1 Å². The van der Waals surface area contributed by atoms with Crippen molar-refractivity contribution in [2.45, 2.75) is 20.8 Å². The second-order valence-corrected chi connectivity index (χ2v) is 6.40. The van der Waals surface area contributed by atoms with Crippen molar-refractivity contribution in [3.05, 3.63) is 59.7 Å². The van der Waals surface area contributed by atoms with Crippen molar-refractivity contribution >= 4 is 23.2 Å². The number of anilines is 1. The molecule has 3 rings (SSSR count). The molecule has 3 heteroatoms. The van der Waals surface area contributed by atoms with E-state index in [0.717, 1.165) is 28.1 Å². The van der Waals surface area contributed by atoms with Gasteiger partial charge in [-0.3, -0.25) is 4.79 Å². The zero-order valence-corrected chi connectivity index (χ0v) is 14.5. The number of benzene rings is 2. The Balaban J connectivity index is 1.87. The highest BCUT2D eigenvalue weighted by Crippen LogP contribution is 2.37. The number of para-hydroxylation sites is 1. The van der Waals surface area contributed by atoms with Crippen LogP contribution in [0.1, 0.15) is 31.9 Å². The lowest BCUT2D eigenvalue weighted by atomic mass is 10.0. The Kier molecular flexibility index (Phi) is 4.70. The molecule has 2 aromatic rings. The van der Waals surface area contributed by atoms with Gasteiger partial charge >= 0.3 is 0 Å². The third kappa shape index (κ3) is 3.21. The molecule has 24 heavy (non-hydrogen) atoms. The van der Waals surface area contributed by atoms with Crippen LogP contribution in [0.2, 0.25) is 0 Å². The van der Waals surface area contributed by atoms with Gasteiger partial charge in [0.2, 0.25) is 0 Å². The van der Waals surface area contributed by atoms with E-state index in [4.69, 9.17) is 4.74 Å². The van der Waals surface area contributed by atoms with E-state index in [9.17, 15) is 4.79 Å². The highest BCUT2D eigenvalue weighted by atomic mass is 16.5. The van der Waals surface area contributed by atoms with E-state index >= 15 is 0 Å². The van der Waals surface area contributed by atoms with Crippen LogP contribution in [-0.2, 0) is 4.79 Å². The van der Waals surface area contributed by atoms with Crippen molar-refractivity contribution in [1.29, 1.82) is 0 Å². The molecule has 3 nitrogen and oxygen atoms in total. The quantitative estimate of drug-likeness (QED) is 0.752. The number of nitrogens with zero attached hydrogens (tertiary/aromatic N) is 1. The van der Waals surface area contributed by atoms with Gasteiger partial charge in [-0.1, -0.05) is 44.2 Å². The first-order valence-electron chi connectivity index (χ1n) is 8.46. The van der Waals surface area contributed by atoms with Crippen LogP contribution in [0.3, 0.4) is 0 Å². The first kappa shape index (κ1) is 16.3. The van der Waals surface area contributed by atoms with Crippen LogP contribution in [0, 0.1) is 5.92 Å². The van der Waals surface area contributed by atoms with Gasteiger partial charge in [-0.2, -0.15) is 0 Å². The molecule has 1 heterocycles. The molecule has 0 fully saturated rings. The number of carbonyl (C=O) groups excluding carboxylic acids is 1. The molecule has 1 amide bonds. The number of carbonyl (C=O) groups is 1. The molecule has 0 saturated heterocycles. The maximum Gasteiger partial charge on any atom is 0.258 e. The Morgan fingerprint density at radius 1 is 1.08 bits per heavy atom. The van der Waals surface area contributed by atoms with Crippen molar-refractivity contribution in [3.63, 3.8) is 0 Å². The molecule has 1 aliphatic heterocycles. The van der Waals surface area contributed by atoms with Crippen LogP contribution in [0.25, 0.3) is 11.6 Å². The van der Waals surface area contributed by atoms with E-state index in [0.29, 0.717) is 19.1 Å². The Labute approximate surface area is 143 Å². The summed E-state index contributed by atoms with van der Waals surface area (Å²) in [5.41, 5.74) is 3.75. The van der Waals surface area contributed by atoms with E-state index in [-0.39, 0.29) is 5.91 Å². The summed E-state index contributed by atoms with van der Waals surface area (Å²) in [6, 6.07) is 15.9. The van der Waals surface area contributed by atoms with Gasteiger partial charge in [-0.25, -0.2) is 0 Å². The number of fused-ring (bicyclic) bond motifs is 1. The Morgan fingerprint density at radius 3 is 2.46 bits per heavy atom. The summed E-state index contributed by atoms with van der Waals surface area (Å²) in [5, 5.41) is 0. The minimum Gasteiger partial charge on any atom is -0.493 e. The monoisotopic (exact) mass is 321 g/mol. The second-order valence-electron chi connectivity index (χ2n) is 6.40. The van der Waals surface area contributed by atoms with Gasteiger partial charge in [0.25, 0.3) is 5.91 Å². The minimum atomic E-state index is 0.0684. The fourth-order valence-corrected chi connectivity index (χ4v) is 2.85. The van der Waals surface area contributed by atoms with Gasteiger partial charge in [-0.05, 0) is 42.7 Å². The molecule has 0 aromatic heterocycles. The minimum absolute atomic E-state index is 0.0684. The summed E-state index contributed by atoms with van der Waals surface area (Å²) in [6.45, 7) is 7.63. The van der Waals surface area contributed by atoms with Gasteiger partial charge in [0.15, 0.2) is 0 Å². The number of hydrogen-bond donors (Lipinski definition) is 0. The second kappa shape index (κ2) is 6.91. The van der Waals surface area contributed by atoms with Crippen LogP contribution < -0.4 is 9.64 Å². The predicted octanol–water partition coefficient (Wildman–Crippen LogP) is 4.63. The van der Waals surface area contributed by atoms with Crippen LogP contribution >= 0.6 is 0 Å². The maximum absolute atomic E-state index is 12.7. The van der Waals surface area contributed by atoms with Crippen LogP contribution in [0.4, 0.5) is 5.69 Å². The fourth-order valence-electron chi connectivity index (χ4n) is 2.85. The zero-order chi connectivity index (χ0) is 17.1. The van der Waals surface area contributed by atoms with E-state index in [1.807, 2.05) is 66.4 Å². The van der Waals surface area contributed by atoms with Crippen LogP contribution in [-0.4, -0.2) is 19.1 Å². The summed E-state index contributed by atoms with van der Waals surface area (Å²) >= 11 is 0. The molecular weight excluding hydrogens is 298 g/mol. The molecular formula is C21H23NO2. The lowest BCUT2D eigenvalue weighted by Gasteiger charge is -2.13. The third-order valence-corrected chi connectivity index (χ3v) is 4.05. The summed E-state index contributed by atoms with van der Waals surface area (Å²) in [6.07, 6.45) is 1.96. The smallest absolute Gasteiger partial charge is 0.258 e. The van der Waals surface area contributed by atoms with Crippen molar-refractivity contribution in [3.8, 4) is 5.75 Å². The zero-order valence-electron chi connectivity index (χ0n) is 14.5. The number of likely N-dealkylation sites (N-methyl/N-ethyl adjacent to an activating group) is 1. The fraction of sp³-hybridized carbons (Fsp3) is 0.286. The average Bonchev–Trinajstić information content (AvgIpc) is 2.86. The summed E-state index contributed by atoms with van der Waals surface area (Å²) in [7, 11) is 0. The normalized spacial score (nSPS) is 15.2. The van der Waals surface area contributed by atoms with Gasteiger partial charge in [0.1, 0.15) is 5.75 Å². The molecule has 124 valence electrons. The lowest BCUT2D eigenvalue weighted by molar-refractivity contribution is -0.112. The van der Waals surface area contributed by atoms with Gasteiger partial charge in [0.05, 0.1) is 12.3 Å². The molecule has 2 aromatic carbocycles. The molecule has 0 aliphatic carbocycles. The molecule has 0 N–H and O–H groups in total. The molecule has 0 spiro atoms.